The van der Waals surface area contributed by atoms with E-state index in [9.17, 15) is 0 Å². The van der Waals surface area contributed by atoms with Gasteiger partial charge in [-0.15, -0.1) is 0 Å². The molecule has 1 N–H and O–H groups in total. The highest BCUT2D eigenvalue weighted by Gasteiger charge is 2.07. The van der Waals surface area contributed by atoms with Crippen LogP contribution in [0.25, 0.3) is 0 Å². The van der Waals surface area contributed by atoms with Crippen LogP contribution in [0.1, 0.15) is 5.69 Å². The van der Waals surface area contributed by atoms with Crippen LogP contribution in [0.4, 0.5) is 11.4 Å². The molecule has 0 aliphatic heterocycles. The maximum Gasteiger partial charge on any atom is 0.166 e. The Kier molecular flexibility index (Phi) is 7.35. The molecule has 3 aromatic rings. The van der Waals surface area contributed by atoms with Gasteiger partial charge in [-0.2, -0.15) is 0 Å². The molecular formula is C22H23N3O3S. The zero-order valence-electron chi connectivity index (χ0n) is 16.6. The molecule has 150 valence electrons. The first-order valence-corrected chi connectivity index (χ1v) is 9.94. The molecule has 0 radical (unpaired) electrons. The minimum Gasteiger partial charge on any atom is -0.497 e. The number of pyridine rings is 1. The van der Waals surface area contributed by atoms with Gasteiger partial charge in [-0.3, -0.25) is 4.98 Å². The monoisotopic (exact) mass is 409 g/mol. The second kappa shape index (κ2) is 10.4. The number of thioether (sulfide) groups is 1. The minimum absolute atomic E-state index is 0.636. The first-order valence-electron chi connectivity index (χ1n) is 8.95. The van der Waals surface area contributed by atoms with Gasteiger partial charge in [0, 0.05) is 35.8 Å². The Morgan fingerprint density at radius 3 is 2.34 bits per heavy atom. The number of aromatic nitrogens is 1. The number of nitrogens with zero attached hydrogens (tertiary/aromatic N) is 2. The molecule has 0 amide bonds. The number of anilines is 1. The zero-order valence-corrected chi connectivity index (χ0v) is 17.4. The van der Waals surface area contributed by atoms with E-state index >= 15 is 0 Å². The highest BCUT2D eigenvalue weighted by molar-refractivity contribution is 8.13. The van der Waals surface area contributed by atoms with Crippen LogP contribution in [0, 0.1) is 0 Å². The summed E-state index contributed by atoms with van der Waals surface area (Å²) in [7, 11) is 4.93. The van der Waals surface area contributed by atoms with Gasteiger partial charge in [0.1, 0.15) is 17.2 Å². The van der Waals surface area contributed by atoms with Crippen LogP contribution in [0.3, 0.4) is 0 Å². The molecule has 0 bridgehead atoms. The number of hydrogen-bond acceptors (Lipinski definition) is 6. The quantitative estimate of drug-likeness (QED) is 0.431. The van der Waals surface area contributed by atoms with Gasteiger partial charge < -0.3 is 19.5 Å². The largest absolute Gasteiger partial charge is 0.497 e. The van der Waals surface area contributed by atoms with Crippen LogP contribution in [-0.2, 0) is 5.75 Å². The molecule has 0 atom stereocenters. The smallest absolute Gasteiger partial charge is 0.166 e. The predicted molar refractivity (Wildman–Crippen MR) is 119 cm³/mol. The van der Waals surface area contributed by atoms with Crippen LogP contribution >= 0.6 is 11.8 Å². The van der Waals surface area contributed by atoms with Gasteiger partial charge in [-0.05, 0) is 30.3 Å². The number of benzene rings is 2. The molecule has 3 rings (SSSR count). The molecule has 1 aromatic heterocycles. The van der Waals surface area contributed by atoms with Gasteiger partial charge in [0.2, 0.25) is 0 Å². The van der Waals surface area contributed by atoms with Crippen molar-refractivity contribution in [1.29, 1.82) is 0 Å². The van der Waals surface area contributed by atoms with Gasteiger partial charge in [0.15, 0.2) is 5.17 Å². The van der Waals surface area contributed by atoms with Crippen LogP contribution in [0.15, 0.2) is 71.9 Å². The molecule has 0 fully saturated rings. The van der Waals surface area contributed by atoms with Crippen molar-refractivity contribution in [2.45, 2.75) is 5.75 Å². The second-order valence-electron chi connectivity index (χ2n) is 5.95. The standard InChI is InChI=1S/C22H23N3O3S/c1-26-19-8-4-6-16(12-19)24-22(25-17-7-5-9-20(13-17)27-2)29-15-18-14-21(28-3)10-11-23-18/h4-14H,15H2,1-3H3,(H,24,25). The summed E-state index contributed by atoms with van der Waals surface area (Å²) in [5.74, 6) is 2.95. The third-order valence-electron chi connectivity index (χ3n) is 3.99. The number of ether oxygens (including phenoxy) is 3. The summed E-state index contributed by atoms with van der Waals surface area (Å²) in [6.45, 7) is 0. The summed E-state index contributed by atoms with van der Waals surface area (Å²) >= 11 is 1.55. The van der Waals surface area contributed by atoms with E-state index in [-0.39, 0.29) is 0 Å². The fourth-order valence-corrected chi connectivity index (χ4v) is 3.32. The molecule has 0 saturated heterocycles. The zero-order chi connectivity index (χ0) is 20.5. The number of amidine groups is 1. The highest BCUT2D eigenvalue weighted by atomic mass is 32.2. The second-order valence-corrected chi connectivity index (χ2v) is 6.92. The lowest BCUT2D eigenvalue weighted by Gasteiger charge is -2.11. The van der Waals surface area contributed by atoms with Gasteiger partial charge in [-0.1, -0.05) is 23.9 Å². The van der Waals surface area contributed by atoms with Gasteiger partial charge in [-0.25, -0.2) is 4.99 Å². The molecule has 2 aromatic carbocycles. The Morgan fingerprint density at radius 2 is 1.59 bits per heavy atom. The lowest BCUT2D eigenvalue weighted by Crippen LogP contribution is -2.08. The number of methoxy groups -OCH3 is 3. The maximum atomic E-state index is 5.31. The van der Waals surface area contributed by atoms with Gasteiger partial charge in [0.05, 0.1) is 32.7 Å². The summed E-state index contributed by atoms with van der Waals surface area (Å²) in [4.78, 5) is 9.17. The molecular weight excluding hydrogens is 386 g/mol. The number of nitrogens with one attached hydrogen (secondary N) is 1. The van der Waals surface area contributed by atoms with E-state index in [0.29, 0.717) is 5.75 Å². The molecule has 0 saturated carbocycles. The molecule has 0 aliphatic rings. The fourth-order valence-electron chi connectivity index (χ4n) is 2.52. The summed E-state index contributed by atoms with van der Waals surface area (Å²) in [5.41, 5.74) is 2.58. The Balaban J connectivity index is 1.84. The maximum absolute atomic E-state index is 5.31. The lowest BCUT2D eigenvalue weighted by atomic mass is 10.3. The normalized spacial score (nSPS) is 11.1. The van der Waals surface area contributed by atoms with E-state index in [4.69, 9.17) is 19.2 Å². The minimum atomic E-state index is 0.636. The molecule has 1 heterocycles. The third-order valence-corrected chi connectivity index (χ3v) is 4.89. The lowest BCUT2D eigenvalue weighted by molar-refractivity contribution is 0.413. The van der Waals surface area contributed by atoms with E-state index in [1.807, 2.05) is 60.7 Å². The SMILES string of the molecule is COc1cccc(N=C(Nc2cccc(OC)c2)SCc2cc(OC)ccn2)c1. The van der Waals surface area contributed by atoms with E-state index in [0.717, 1.165) is 39.5 Å². The molecule has 6 nitrogen and oxygen atoms in total. The van der Waals surface area contributed by atoms with Crippen molar-refractivity contribution in [3.8, 4) is 17.2 Å². The van der Waals surface area contributed by atoms with Crippen molar-refractivity contribution in [3.63, 3.8) is 0 Å². The summed E-state index contributed by atoms with van der Waals surface area (Å²) in [5, 5.41) is 4.10. The molecule has 29 heavy (non-hydrogen) atoms. The van der Waals surface area contributed by atoms with Gasteiger partial charge >= 0.3 is 0 Å². The highest BCUT2D eigenvalue weighted by Crippen LogP contribution is 2.25. The van der Waals surface area contributed by atoms with Crippen molar-refractivity contribution >= 4 is 28.3 Å². The van der Waals surface area contributed by atoms with E-state index in [2.05, 4.69) is 10.3 Å². The topological polar surface area (TPSA) is 65.0 Å². The average Bonchev–Trinajstić information content (AvgIpc) is 2.78. The number of hydrogen-bond donors (Lipinski definition) is 1. The molecule has 0 spiro atoms. The molecule has 7 heteroatoms. The Bertz CT molecular complexity index is 979. The van der Waals surface area contributed by atoms with Crippen LogP contribution in [0.2, 0.25) is 0 Å². The first kappa shape index (κ1) is 20.5. The average molecular weight is 410 g/mol. The summed E-state index contributed by atoms with van der Waals surface area (Å²) < 4.78 is 15.9. The molecule has 0 aliphatic carbocycles. The van der Waals surface area contributed by atoms with Crippen molar-refractivity contribution in [2.75, 3.05) is 26.6 Å². The molecule has 0 unspecified atom stereocenters. The Labute approximate surface area is 174 Å². The number of aliphatic imine (C=N–C) groups is 1. The van der Waals surface area contributed by atoms with Gasteiger partial charge in [0.25, 0.3) is 0 Å². The fraction of sp³-hybridized carbons (Fsp3) is 0.182. The van der Waals surface area contributed by atoms with Crippen LogP contribution < -0.4 is 19.5 Å². The van der Waals surface area contributed by atoms with E-state index < -0.39 is 0 Å². The van der Waals surface area contributed by atoms with Crippen molar-refractivity contribution in [3.05, 3.63) is 72.6 Å². The van der Waals surface area contributed by atoms with Crippen LogP contribution in [0.5, 0.6) is 17.2 Å². The van der Waals surface area contributed by atoms with E-state index in [1.54, 1.807) is 39.3 Å². The Hall–Kier alpha value is -3.19. The number of rotatable bonds is 7. The third kappa shape index (κ3) is 6.15. The predicted octanol–water partition coefficient (Wildman–Crippen LogP) is 5.14. The summed E-state index contributed by atoms with van der Waals surface area (Å²) in [6.07, 6.45) is 1.74. The van der Waals surface area contributed by atoms with E-state index in [1.165, 1.54) is 0 Å². The van der Waals surface area contributed by atoms with Crippen molar-refractivity contribution < 1.29 is 14.2 Å². The Morgan fingerprint density at radius 1 is 0.897 bits per heavy atom. The van der Waals surface area contributed by atoms with Crippen molar-refractivity contribution in [1.82, 2.24) is 4.98 Å². The summed E-state index contributed by atoms with van der Waals surface area (Å²) in [6, 6.07) is 19.1. The first-order chi connectivity index (χ1) is 14.2. The van der Waals surface area contributed by atoms with Crippen molar-refractivity contribution in [2.24, 2.45) is 4.99 Å². The van der Waals surface area contributed by atoms with Crippen LogP contribution in [-0.4, -0.2) is 31.5 Å².